The Labute approximate surface area is 113 Å². The molecule has 0 saturated carbocycles. The van der Waals surface area contributed by atoms with E-state index in [1.807, 2.05) is 0 Å². The number of carbonyl (C=O) groups is 2. The van der Waals surface area contributed by atoms with E-state index in [9.17, 15) is 18.0 Å². The summed E-state index contributed by atoms with van der Waals surface area (Å²) in [5.41, 5.74) is 0. The number of amides is 1. The zero-order chi connectivity index (χ0) is 14.6. The molecule has 0 aromatic heterocycles. The largest absolute Gasteiger partial charge is 0.481 e. The molecule has 7 nitrogen and oxygen atoms in total. The fourth-order valence-corrected chi connectivity index (χ4v) is 3.37. The summed E-state index contributed by atoms with van der Waals surface area (Å²) in [5, 5.41) is 8.64. The summed E-state index contributed by atoms with van der Waals surface area (Å²) in [6.07, 6.45) is 2.10. The van der Waals surface area contributed by atoms with Crippen LogP contribution in [-0.2, 0) is 19.6 Å². The van der Waals surface area contributed by atoms with Crippen LogP contribution in [0.1, 0.15) is 26.2 Å². The fraction of sp³-hybridized carbons (Fsp3) is 0.818. The predicted molar refractivity (Wildman–Crippen MR) is 69.1 cm³/mol. The number of nitrogens with zero attached hydrogens (tertiary/aromatic N) is 2. The number of carboxylic acid groups (broad SMARTS) is 1. The lowest BCUT2D eigenvalue weighted by atomic mass is 10.2. The first kappa shape index (κ1) is 15.9. The van der Waals surface area contributed by atoms with Crippen molar-refractivity contribution in [3.05, 3.63) is 0 Å². The van der Waals surface area contributed by atoms with Gasteiger partial charge in [0.25, 0.3) is 0 Å². The normalized spacial score (nSPS) is 20.4. The molecule has 110 valence electrons. The molecule has 1 heterocycles. The lowest BCUT2D eigenvalue weighted by Gasteiger charge is -2.28. The van der Waals surface area contributed by atoms with Gasteiger partial charge in [-0.25, -0.2) is 8.42 Å². The van der Waals surface area contributed by atoms with Crippen LogP contribution in [0.5, 0.6) is 0 Å². The van der Waals surface area contributed by atoms with Crippen molar-refractivity contribution in [2.45, 2.75) is 32.2 Å². The molecule has 0 bridgehead atoms. The summed E-state index contributed by atoms with van der Waals surface area (Å²) in [6, 6.07) is -0.677. The van der Waals surface area contributed by atoms with Crippen LogP contribution in [0, 0.1) is 0 Å². The van der Waals surface area contributed by atoms with E-state index in [-0.39, 0.29) is 18.9 Å². The highest BCUT2D eigenvalue weighted by Gasteiger charge is 2.38. The average molecular weight is 292 g/mol. The quantitative estimate of drug-likeness (QED) is 0.727. The molecule has 1 fully saturated rings. The summed E-state index contributed by atoms with van der Waals surface area (Å²) in [5.74, 6) is -1.27. The molecular weight excluding hydrogens is 272 g/mol. The molecule has 0 aliphatic carbocycles. The number of rotatable bonds is 6. The standard InChI is InChI=1S/C11H20N2O5S/c1-3-12(8-6-10(14)15)11(16)9-5-4-7-13(9)19(2,17)18/h9H,3-8H2,1-2H3,(H,14,15). The topological polar surface area (TPSA) is 95.0 Å². The molecule has 19 heavy (non-hydrogen) atoms. The van der Waals surface area contributed by atoms with Gasteiger partial charge >= 0.3 is 5.97 Å². The Morgan fingerprint density at radius 2 is 2.05 bits per heavy atom. The second-order valence-corrected chi connectivity index (χ2v) is 6.53. The molecule has 1 N–H and O–H groups in total. The van der Waals surface area contributed by atoms with Crippen molar-refractivity contribution in [2.24, 2.45) is 0 Å². The maximum absolute atomic E-state index is 12.3. The van der Waals surface area contributed by atoms with Gasteiger partial charge in [0.15, 0.2) is 0 Å². The first-order valence-corrected chi connectivity index (χ1v) is 8.09. The Bertz CT molecular complexity index is 448. The van der Waals surface area contributed by atoms with Crippen molar-refractivity contribution < 1.29 is 23.1 Å². The third-order valence-electron chi connectivity index (χ3n) is 3.20. The van der Waals surface area contributed by atoms with Gasteiger partial charge in [0.05, 0.1) is 12.7 Å². The number of hydrogen-bond acceptors (Lipinski definition) is 4. The molecule has 0 aromatic carbocycles. The van der Waals surface area contributed by atoms with Gasteiger partial charge in [0.2, 0.25) is 15.9 Å². The van der Waals surface area contributed by atoms with Crippen LogP contribution in [-0.4, -0.2) is 66.5 Å². The predicted octanol–water partition coefficient (Wildman–Crippen LogP) is -0.266. The minimum atomic E-state index is -3.40. The average Bonchev–Trinajstić information content (AvgIpc) is 2.77. The van der Waals surface area contributed by atoms with Crippen molar-refractivity contribution in [1.29, 1.82) is 0 Å². The van der Waals surface area contributed by atoms with Crippen LogP contribution in [0.3, 0.4) is 0 Å². The minimum Gasteiger partial charge on any atom is -0.481 e. The van der Waals surface area contributed by atoms with E-state index in [1.54, 1.807) is 6.92 Å². The number of sulfonamides is 1. The third kappa shape index (κ3) is 4.17. The molecule has 1 amide bonds. The van der Waals surface area contributed by atoms with E-state index >= 15 is 0 Å². The Kier molecular flexibility index (Phi) is 5.30. The highest BCUT2D eigenvalue weighted by Crippen LogP contribution is 2.22. The Balaban J connectivity index is 2.76. The third-order valence-corrected chi connectivity index (χ3v) is 4.49. The lowest BCUT2D eigenvalue weighted by Crippen LogP contribution is -2.47. The van der Waals surface area contributed by atoms with Gasteiger partial charge in [0.1, 0.15) is 6.04 Å². The fourth-order valence-electron chi connectivity index (χ4n) is 2.25. The Morgan fingerprint density at radius 3 is 2.53 bits per heavy atom. The lowest BCUT2D eigenvalue weighted by molar-refractivity contribution is -0.139. The number of aliphatic carboxylic acids is 1. The van der Waals surface area contributed by atoms with Crippen LogP contribution in [0.4, 0.5) is 0 Å². The number of likely N-dealkylation sites (N-methyl/N-ethyl adjacent to an activating group) is 1. The molecule has 0 radical (unpaired) electrons. The maximum Gasteiger partial charge on any atom is 0.305 e. The van der Waals surface area contributed by atoms with Crippen molar-refractivity contribution in [3.63, 3.8) is 0 Å². The van der Waals surface area contributed by atoms with Crippen molar-refractivity contribution >= 4 is 21.9 Å². The summed E-state index contributed by atoms with van der Waals surface area (Å²) in [6.45, 7) is 2.59. The summed E-state index contributed by atoms with van der Waals surface area (Å²) in [7, 11) is -3.40. The van der Waals surface area contributed by atoms with Crippen LogP contribution in [0.25, 0.3) is 0 Å². The molecule has 0 spiro atoms. The van der Waals surface area contributed by atoms with Gasteiger partial charge in [-0.3, -0.25) is 9.59 Å². The molecular formula is C11H20N2O5S. The monoisotopic (exact) mass is 292 g/mol. The van der Waals surface area contributed by atoms with E-state index < -0.39 is 22.0 Å². The van der Waals surface area contributed by atoms with Gasteiger partial charge in [-0.1, -0.05) is 0 Å². The second kappa shape index (κ2) is 6.33. The molecule has 8 heteroatoms. The minimum absolute atomic E-state index is 0.110. The van der Waals surface area contributed by atoms with Crippen LogP contribution < -0.4 is 0 Å². The molecule has 1 saturated heterocycles. The molecule has 1 unspecified atom stereocenters. The van der Waals surface area contributed by atoms with Crippen molar-refractivity contribution in [1.82, 2.24) is 9.21 Å². The van der Waals surface area contributed by atoms with Gasteiger partial charge in [-0.2, -0.15) is 4.31 Å². The molecule has 0 aromatic rings. The zero-order valence-corrected chi connectivity index (χ0v) is 12.0. The van der Waals surface area contributed by atoms with E-state index in [4.69, 9.17) is 5.11 Å². The Morgan fingerprint density at radius 1 is 1.42 bits per heavy atom. The highest BCUT2D eigenvalue weighted by atomic mass is 32.2. The smallest absolute Gasteiger partial charge is 0.305 e. The van der Waals surface area contributed by atoms with Crippen LogP contribution in [0.15, 0.2) is 0 Å². The van der Waals surface area contributed by atoms with Gasteiger partial charge in [-0.15, -0.1) is 0 Å². The van der Waals surface area contributed by atoms with Gasteiger partial charge in [0, 0.05) is 19.6 Å². The van der Waals surface area contributed by atoms with Crippen LogP contribution in [0.2, 0.25) is 0 Å². The SMILES string of the molecule is CCN(CCC(=O)O)C(=O)C1CCCN1S(C)(=O)=O. The van der Waals surface area contributed by atoms with Gasteiger partial charge < -0.3 is 10.0 Å². The Hall–Kier alpha value is -1.15. The van der Waals surface area contributed by atoms with Gasteiger partial charge in [-0.05, 0) is 19.8 Å². The van der Waals surface area contributed by atoms with E-state index in [2.05, 4.69) is 0 Å². The first-order valence-electron chi connectivity index (χ1n) is 6.24. The first-order chi connectivity index (χ1) is 8.77. The van der Waals surface area contributed by atoms with Crippen LogP contribution >= 0.6 is 0 Å². The summed E-state index contributed by atoms with van der Waals surface area (Å²) >= 11 is 0. The molecule has 1 rings (SSSR count). The van der Waals surface area contributed by atoms with E-state index in [0.29, 0.717) is 25.9 Å². The van der Waals surface area contributed by atoms with Crippen molar-refractivity contribution in [2.75, 3.05) is 25.9 Å². The molecule has 1 aliphatic heterocycles. The zero-order valence-electron chi connectivity index (χ0n) is 11.2. The summed E-state index contributed by atoms with van der Waals surface area (Å²) < 4.78 is 24.4. The molecule has 1 aliphatic rings. The number of hydrogen-bond donors (Lipinski definition) is 1. The number of carbonyl (C=O) groups excluding carboxylic acids is 1. The van der Waals surface area contributed by atoms with E-state index in [0.717, 1.165) is 6.26 Å². The molecule has 1 atom stereocenters. The summed E-state index contributed by atoms with van der Waals surface area (Å²) in [4.78, 5) is 24.2. The highest BCUT2D eigenvalue weighted by molar-refractivity contribution is 7.88. The van der Waals surface area contributed by atoms with Crippen molar-refractivity contribution in [3.8, 4) is 0 Å². The maximum atomic E-state index is 12.3. The van der Waals surface area contributed by atoms with E-state index in [1.165, 1.54) is 9.21 Å². The number of carboxylic acids is 1. The second-order valence-electron chi connectivity index (χ2n) is 4.59.